The number of nitrogens with zero attached hydrogens (tertiary/aromatic N) is 3. The third-order valence-electron chi connectivity index (χ3n) is 5.81. The lowest BCUT2D eigenvalue weighted by atomic mass is 9.83. The summed E-state index contributed by atoms with van der Waals surface area (Å²) in [7, 11) is 0. The fourth-order valence-electron chi connectivity index (χ4n) is 4.34. The highest BCUT2D eigenvalue weighted by molar-refractivity contribution is 5.48. The maximum Gasteiger partial charge on any atom is 0.227 e. The van der Waals surface area contributed by atoms with Gasteiger partial charge in [0.05, 0.1) is 0 Å². The van der Waals surface area contributed by atoms with E-state index < -0.39 is 0 Å². The van der Waals surface area contributed by atoms with E-state index in [9.17, 15) is 0 Å². The van der Waals surface area contributed by atoms with Crippen molar-refractivity contribution in [2.45, 2.75) is 57.7 Å². The number of aromatic nitrogens is 2. The molecular formula is C18H31N7. The van der Waals surface area contributed by atoms with E-state index >= 15 is 0 Å². The molecule has 0 radical (unpaired) electrons. The van der Waals surface area contributed by atoms with Gasteiger partial charge in [0.15, 0.2) is 0 Å². The minimum atomic E-state index is 0.474. The molecule has 4 N–H and O–H groups in total. The summed E-state index contributed by atoms with van der Waals surface area (Å²) < 4.78 is 0. The molecule has 138 valence electrons. The molecule has 25 heavy (non-hydrogen) atoms. The standard InChI is InChI=1S/C18H31N7/c1-12-9-20-18(25-7-3-6-19-13(2)11-25)23-17(12)22-15-4-5-16-14(8-15)10-21-24-16/h9,13-16,19,21,24H,3-8,10-11H2,1-2H3,(H,20,22,23). The lowest BCUT2D eigenvalue weighted by Crippen LogP contribution is -2.39. The topological polar surface area (TPSA) is 77.1 Å². The van der Waals surface area contributed by atoms with Crippen molar-refractivity contribution in [1.82, 2.24) is 26.1 Å². The summed E-state index contributed by atoms with van der Waals surface area (Å²) in [5.74, 6) is 2.60. The second-order valence-electron chi connectivity index (χ2n) is 7.90. The van der Waals surface area contributed by atoms with Crippen molar-refractivity contribution in [3.05, 3.63) is 11.8 Å². The highest BCUT2D eigenvalue weighted by Gasteiger charge is 2.34. The first-order chi connectivity index (χ1) is 12.2. The van der Waals surface area contributed by atoms with Gasteiger partial charge in [-0.05, 0) is 52.0 Å². The molecule has 3 aliphatic rings. The number of fused-ring (bicyclic) bond motifs is 1. The summed E-state index contributed by atoms with van der Waals surface area (Å²) in [5, 5.41) is 7.25. The number of anilines is 2. The second-order valence-corrected chi connectivity index (χ2v) is 7.90. The van der Waals surface area contributed by atoms with Gasteiger partial charge in [-0.15, -0.1) is 0 Å². The van der Waals surface area contributed by atoms with Crippen molar-refractivity contribution in [2.24, 2.45) is 5.92 Å². The zero-order valence-corrected chi connectivity index (χ0v) is 15.4. The Morgan fingerprint density at radius 2 is 2.24 bits per heavy atom. The summed E-state index contributed by atoms with van der Waals surface area (Å²) in [6.07, 6.45) is 6.73. The number of hydrazine groups is 1. The van der Waals surface area contributed by atoms with Gasteiger partial charge in [0.2, 0.25) is 5.95 Å². The van der Waals surface area contributed by atoms with E-state index in [2.05, 4.69) is 45.2 Å². The molecule has 0 bridgehead atoms. The quantitative estimate of drug-likeness (QED) is 0.652. The van der Waals surface area contributed by atoms with Gasteiger partial charge in [0.1, 0.15) is 5.82 Å². The van der Waals surface area contributed by atoms with Gasteiger partial charge in [-0.25, -0.2) is 4.98 Å². The summed E-state index contributed by atoms with van der Waals surface area (Å²) in [6.45, 7) is 8.46. The van der Waals surface area contributed by atoms with Gasteiger partial charge in [0, 0.05) is 49.5 Å². The molecule has 0 amide bonds. The summed E-state index contributed by atoms with van der Waals surface area (Å²) in [5.41, 5.74) is 7.84. The van der Waals surface area contributed by atoms with Crippen molar-refractivity contribution in [3.8, 4) is 0 Å². The molecule has 0 aromatic carbocycles. The van der Waals surface area contributed by atoms with E-state index in [1.807, 2.05) is 6.20 Å². The molecule has 1 saturated carbocycles. The van der Waals surface area contributed by atoms with Crippen LogP contribution >= 0.6 is 0 Å². The van der Waals surface area contributed by atoms with Crippen LogP contribution in [0.4, 0.5) is 11.8 Å². The number of hydrogen-bond donors (Lipinski definition) is 4. The summed E-state index contributed by atoms with van der Waals surface area (Å²) >= 11 is 0. The molecule has 1 aromatic rings. The van der Waals surface area contributed by atoms with E-state index in [4.69, 9.17) is 4.98 Å². The fraction of sp³-hybridized carbons (Fsp3) is 0.778. The molecule has 4 rings (SSSR count). The third-order valence-corrected chi connectivity index (χ3v) is 5.81. The highest BCUT2D eigenvalue weighted by Crippen LogP contribution is 2.29. The maximum atomic E-state index is 4.90. The predicted molar refractivity (Wildman–Crippen MR) is 101 cm³/mol. The Bertz CT molecular complexity index is 593. The molecule has 7 heteroatoms. The first-order valence-corrected chi connectivity index (χ1v) is 9.76. The number of hydrogen-bond acceptors (Lipinski definition) is 7. The van der Waals surface area contributed by atoms with Crippen LogP contribution in [0.2, 0.25) is 0 Å². The molecule has 0 spiro atoms. The van der Waals surface area contributed by atoms with Crippen LogP contribution in [-0.4, -0.2) is 54.3 Å². The van der Waals surface area contributed by atoms with E-state index in [0.717, 1.165) is 55.8 Å². The SMILES string of the molecule is Cc1cnc(N2CCCNC(C)C2)nc1NC1CCC2NNCC2C1. The third kappa shape index (κ3) is 3.88. The van der Waals surface area contributed by atoms with Gasteiger partial charge in [-0.3, -0.25) is 10.9 Å². The van der Waals surface area contributed by atoms with Gasteiger partial charge < -0.3 is 15.5 Å². The van der Waals surface area contributed by atoms with Gasteiger partial charge in [-0.1, -0.05) is 0 Å². The first-order valence-electron chi connectivity index (χ1n) is 9.76. The zero-order valence-electron chi connectivity index (χ0n) is 15.4. The number of rotatable bonds is 3. The first kappa shape index (κ1) is 17.0. The normalized spacial score (nSPS) is 33.0. The lowest BCUT2D eigenvalue weighted by molar-refractivity contribution is 0.314. The van der Waals surface area contributed by atoms with Crippen LogP contribution in [0.1, 0.15) is 38.2 Å². The average Bonchev–Trinajstić information content (AvgIpc) is 2.96. The van der Waals surface area contributed by atoms with E-state index in [1.54, 1.807) is 0 Å². The fourth-order valence-corrected chi connectivity index (χ4v) is 4.34. The Morgan fingerprint density at radius 1 is 1.32 bits per heavy atom. The van der Waals surface area contributed by atoms with Gasteiger partial charge >= 0.3 is 0 Å². The predicted octanol–water partition coefficient (Wildman–Crippen LogP) is 1.03. The van der Waals surface area contributed by atoms with Crippen LogP contribution in [-0.2, 0) is 0 Å². The molecule has 3 heterocycles. The molecule has 4 atom stereocenters. The monoisotopic (exact) mass is 345 g/mol. The molecule has 7 nitrogen and oxygen atoms in total. The minimum absolute atomic E-state index is 0.474. The van der Waals surface area contributed by atoms with Crippen molar-refractivity contribution >= 4 is 11.8 Å². The van der Waals surface area contributed by atoms with E-state index in [0.29, 0.717) is 18.1 Å². The van der Waals surface area contributed by atoms with E-state index in [-0.39, 0.29) is 0 Å². The van der Waals surface area contributed by atoms with Crippen LogP contribution in [0.15, 0.2) is 6.20 Å². The van der Waals surface area contributed by atoms with Crippen molar-refractivity contribution in [3.63, 3.8) is 0 Å². The van der Waals surface area contributed by atoms with Crippen molar-refractivity contribution in [1.29, 1.82) is 0 Å². The Balaban J connectivity index is 1.46. The molecule has 2 saturated heterocycles. The largest absolute Gasteiger partial charge is 0.367 e. The average molecular weight is 345 g/mol. The van der Waals surface area contributed by atoms with Crippen molar-refractivity contribution < 1.29 is 0 Å². The molecule has 2 aliphatic heterocycles. The zero-order chi connectivity index (χ0) is 17.2. The lowest BCUT2D eigenvalue weighted by Gasteiger charge is -2.32. The molecule has 1 aromatic heterocycles. The number of aryl methyl sites for hydroxylation is 1. The Labute approximate surface area is 150 Å². The maximum absolute atomic E-state index is 4.90. The second kappa shape index (κ2) is 7.43. The number of nitrogens with one attached hydrogen (secondary N) is 4. The smallest absolute Gasteiger partial charge is 0.227 e. The minimum Gasteiger partial charge on any atom is -0.367 e. The van der Waals surface area contributed by atoms with Gasteiger partial charge in [0.25, 0.3) is 0 Å². The Kier molecular flexibility index (Phi) is 5.05. The summed E-state index contributed by atoms with van der Waals surface area (Å²) in [6, 6.07) is 1.63. The van der Waals surface area contributed by atoms with E-state index in [1.165, 1.54) is 19.3 Å². The van der Waals surface area contributed by atoms with Crippen LogP contribution in [0.3, 0.4) is 0 Å². The Morgan fingerprint density at radius 3 is 3.16 bits per heavy atom. The van der Waals surface area contributed by atoms with Crippen LogP contribution in [0.5, 0.6) is 0 Å². The molecule has 1 aliphatic carbocycles. The molecular weight excluding hydrogens is 314 g/mol. The van der Waals surface area contributed by atoms with Gasteiger partial charge in [-0.2, -0.15) is 4.98 Å². The van der Waals surface area contributed by atoms with Crippen molar-refractivity contribution in [2.75, 3.05) is 36.4 Å². The Hall–Kier alpha value is -1.44. The van der Waals surface area contributed by atoms with Crippen LogP contribution in [0, 0.1) is 12.8 Å². The van der Waals surface area contributed by atoms with Crippen LogP contribution < -0.4 is 26.4 Å². The molecule has 4 unspecified atom stereocenters. The summed E-state index contributed by atoms with van der Waals surface area (Å²) in [4.78, 5) is 11.8. The van der Waals surface area contributed by atoms with Crippen LogP contribution in [0.25, 0.3) is 0 Å². The molecule has 3 fully saturated rings. The highest BCUT2D eigenvalue weighted by atomic mass is 15.4.